The Labute approximate surface area is 120 Å². The van der Waals surface area contributed by atoms with Gasteiger partial charge in [0.05, 0.1) is 11.2 Å². The number of rotatable bonds is 4. The summed E-state index contributed by atoms with van der Waals surface area (Å²) in [7, 11) is 2.19. The van der Waals surface area contributed by atoms with Crippen LogP contribution in [0.25, 0.3) is 10.9 Å². The summed E-state index contributed by atoms with van der Waals surface area (Å²) in [6.07, 6.45) is 7.44. The summed E-state index contributed by atoms with van der Waals surface area (Å²) in [5.41, 5.74) is 9.39. The summed E-state index contributed by atoms with van der Waals surface area (Å²) < 4.78 is 0. The van der Waals surface area contributed by atoms with Gasteiger partial charge in [0, 0.05) is 37.3 Å². The van der Waals surface area contributed by atoms with Crippen molar-refractivity contribution in [3.8, 4) is 0 Å². The van der Waals surface area contributed by atoms with Crippen molar-refractivity contribution in [2.75, 3.05) is 18.5 Å². The molecule has 106 valence electrons. The van der Waals surface area contributed by atoms with Gasteiger partial charge in [-0.3, -0.25) is 4.98 Å². The molecule has 0 unspecified atom stereocenters. The third kappa shape index (κ3) is 2.50. The molecule has 1 aliphatic carbocycles. The molecule has 0 amide bonds. The van der Waals surface area contributed by atoms with E-state index in [0.29, 0.717) is 6.54 Å². The Kier molecular flexibility index (Phi) is 3.88. The predicted molar refractivity (Wildman–Crippen MR) is 84.9 cm³/mol. The maximum absolute atomic E-state index is 5.92. The number of benzene rings is 1. The molecule has 3 rings (SSSR count). The van der Waals surface area contributed by atoms with E-state index in [0.717, 1.165) is 23.5 Å². The highest BCUT2D eigenvalue weighted by molar-refractivity contribution is 5.93. The van der Waals surface area contributed by atoms with Crippen LogP contribution in [-0.4, -0.2) is 18.6 Å². The molecule has 0 radical (unpaired) electrons. The second-order valence-electron chi connectivity index (χ2n) is 5.88. The van der Waals surface area contributed by atoms with Gasteiger partial charge in [-0.25, -0.2) is 0 Å². The fourth-order valence-electron chi connectivity index (χ4n) is 3.44. The van der Waals surface area contributed by atoms with E-state index in [4.69, 9.17) is 5.73 Å². The number of anilines is 1. The van der Waals surface area contributed by atoms with Crippen LogP contribution < -0.4 is 10.6 Å². The molecule has 1 aromatic carbocycles. The van der Waals surface area contributed by atoms with E-state index in [-0.39, 0.29) is 0 Å². The number of nitrogens with two attached hydrogens (primary N) is 1. The van der Waals surface area contributed by atoms with Crippen molar-refractivity contribution in [3.63, 3.8) is 0 Å². The minimum atomic E-state index is 0.544. The van der Waals surface area contributed by atoms with Gasteiger partial charge in [0.25, 0.3) is 0 Å². The molecule has 2 aromatic rings. The van der Waals surface area contributed by atoms with E-state index in [1.807, 2.05) is 12.3 Å². The van der Waals surface area contributed by atoms with Crippen LogP contribution >= 0.6 is 0 Å². The zero-order valence-electron chi connectivity index (χ0n) is 12.2. The fraction of sp³-hybridized carbons (Fsp3) is 0.471. The van der Waals surface area contributed by atoms with Gasteiger partial charge in [0.2, 0.25) is 0 Å². The van der Waals surface area contributed by atoms with Crippen LogP contribution in [0.4, 0.5) is 5.69 Å². The summed E-state index contributed by atoms with van der Waals surface area (Å²) >= 11 is 0. The molecule has 3 heteroatoms. The molecule has 20 heavy (non-hydrogen) atoms. The van der Waals surface area contributed by atoms with Crippen LogP contribution in [0, 0.1) is 5.92 Å². The highest BCUT2D eigenvalue weighted by Gasteiger charge is 2.19. The van der Waals surface area contributed by atoms with Gasteiger partial charge >= 0.3 is 0 Å². The van der Waals surface area contributed by atoms with E-state index in [1.54, 1.807) is 0 Å². The van der Waals surface area contributed by atoms with Crippen LogP contribution in [-0.2, 0) is 6.54 Å². The van der Waals surface area contributed by atoms with Crippen molar-refractivity contribution >= 4 is 16.6 Å². The zero-order chi connectivity index (χ0) is 13.9. The molecule has 3 nitrogen and oxygen atoms in total. The molecule has 1 aromatic heterocycles. The Balaban J connectivity index is 1.98. The summed E-state index contributed by atoms with van der Waals surface area (Å²) in [6, 6.07) is 8.35. The second kappa shape index (κ2) is 5.80. The molecule has 0 aliphatic heterocycles. The molecule has 1 aliphatic rings. The van der Waals surface area contributed by atoms with Gasteiger partial charge in [0.1, 0.15) is 0 Å². The van der Waals surface area contributed by atoms with Crippen LogP contribution in [0.3, 0.4) is 0 Å². The molecule has 1 saturated carbocycles. The number of para-hydroxylation sites is 1. The lowest BCUT2D eigenvalue weighted by atomic mass is 10.0. The van der Waals surface area contributed by atoms with Crippen LogP contribution in [0.1, 0.15) is 31.2 Å². The Morgan fingerprint density at radius 2 is 2.00 bits per heavy atom. The summed E-state index contributed by atoms with van der Waals surface area (Å²) in [4.78, 5) is 6.91. The summed E-state index contributed by atoms with van der Waals surface area (Å²) in [5, 5.41) is 1.22. The Bertz CT molecular complexity index is 588. The average molecular weight is 269 g/mol. The minimum Gasteiger partial charge on any atom is -0.373 e. The molecular weight excluding hydrogens is 246 g/mol. The lowest BCUT2D eigenvalue weighted by Gasteiger charge is -2.26. The number of hydrogen-bond acceptors (Lipinski definition) is 3. The first kappa shape index (κ1) is 13.4. The third-order valence-electron chi connectivity index (χ3n) is 4.43. The van der Waals surface area contributed by atoms with Crippen LogP contribution in [0.15, 0.2) is 30.5 Å². The molecule has 0 atom stereocenters. The SMILES string of the molecule is CN(CC1CCCC1)c1c(CN)cnc2ccccc12. The molecule has 1 fully saturated rings. The van der Waals surface area contributed by atoms with Crippen molar-refractivity contribution in [2.45, 2.75) is 32.2 Å². The van der Waals surface area contributed by atoms with Crippen molar-refractivity contribution in [1.29, 1.82) is 0 Å². The van der Waals surface area contributed by atoms with Gasteiger partial charge in [-0.2, -0.15) is 0 Å². The standard InChI is InChI=1S/C17H23N3/c1-20(12-13-6-2-3-7-13)17-14(10-18)11-19-16-9-5-4-8-15(16)17/h4-5,8-9,11,13H,2-3,6-7,10,12,18H2,1H3. The van der Waals surface area contributed by atoms with Gasteiger partial charge < -0.3 is 10.6 Å². The summed E-state index contributed by atoms with van der Waals surface area (Å²) in [6.45, 7) is 1.67. The normalized spacial score (nSPS) is 15.9. The van der Waals surface area contributed by atoms with E-state index in [1.165, 1.54) is 36.8 Å². The lowest BCUT2D eigenvalue weighted by Crippen LogP contribution is -2.26. The third-order valence-corrected chi connectivity index (χ3v) is 4.43. The number of aromatic nitrogens is 1. The zero-order valence-corrected chi connectivity index (χ0v) is 12.2. The lowest BCUT2D eigenvalue weighted by molar-refractivity contribution is 0.547. The number of nitrogens with zero attached hydrogens (tertiary/aromatic N) is 2. The minimum absolute atomic E-state index is 0.544. The van der Waals surface area contributed by atoms with Crippen molar-refractivity contribution in [2.24, 2.45) is 11.7 Å². The monoisotopic (exact) mass is 269 g/mol. The first-order valence-corrected chi connectivity index (χ1v) is 7.57. The molecule has 0 bridgehead atoms. The van der Waals surface area contributed by atoms with E-state index in [9.17, 15) is 0 Å². The highest BCUT2D eigenvalue weighted by Crippen LogP contribution is 2.32. The largest absolute Gasteiger partial charge is 0.373 e. The van der Waals surface area contributed by atoms with Gasteiger partial charge in [-0.15, -0.1) is 0 Å². The van der Waals surface area contributed by atoms with Crippen LogP contribution in [0.5, 0.6) is 0 Å². The maximum atomic E-state index is 5.92. The Morgan fingerprint density at radius 1 is 1.25 bits per heavy atom. The smallest absolute Gasteiger partial charge is 0.0723 e. The topological polar surface area (TPSA) is 42.1 Å². The number of hydrogen-bond donors (Lipinski definition) is 1. The molecule has 0 spiro atoms. The van der Waals surface area contributed by atoms with E-state index < -0.39 is 0 Å². The quantitative estimate of drug-likeness (QED) is 0.926. The van der Waals surface area contributed by atoms with Gasteiger partial charge in [-0.05, 0) is 24.8 Å². The number of fused-ring (bicyclic) bond motifs is 1. The molecule has 1 heterocycles. The second-order valence-corrected chi connectivity index (χ2v) is 5.88. The van der Waals surface area contributed by atoms with Crippen LogP contribution in [0.2, 0.25) is 0 Å². The first-order valence-electron chi connectivity index (χ1n) is 7.57. The maximum Gasteiger partial charge on any atom is 0.0723 e. The van der Waals surface area contributed by atoms with Gasteiger partial charge in [0.15, 0.2) is 0 Å². The highest BCUT2D eigenvalue weighted by atomic mass is 15.1. The van der Waals surface area contributed by atoms with E-state index in [2.05, 4.69) is 35.1 Å². The van der Waals surface area contributed by atoms with Crippen molar-refractivity contribution in [3.05, 3.63) is 36.0 Å². The first-order chi connectivity index (χ1) is 9.79. The van der Waals surface area contributed by atoms with E-state index >= 15 is 0 Å². The van der Waals surface area contributed by atoms with Gasteiger partial charge in [-0.1, -0.05) is 31.0 Å². The number of pyridine rings is 1. The molecule has 2 N–H and O–H groups in total. The Morgan fingerprint density at radius 3 is 2.75 bits per heavy atom. The Hall–Kier alpha value is -1.61. The van der Waals surface area contributed by atoms with Crippen molar-refractivity contribution < 1.29 is 0 Å². The molecular formula is C17H23N3. The van der Waals surface area contributed by atoms with Crippen molar-refractivity contribution in [1.82, 2.24) is 4.98 Å². The summed E-state index contributed by atoms with van der Waals surface area (Å²) in [5.74, 6) is 0.831. The fourth-order valence-corrected chi connectivity index (χ4v) is 3.44. The predicted octanol–water partition coefficient (Wildman–Crippen LogP) is 3.32. The average Bonchev–Trinajstić information content (AvgIpc) is 2.98. The molecule has 0 saturated heterocycles.